The molecular weight excluding hydrogens is 370 g/mol. The van der Waals surface area contributed by atoms with E-state index >= 15 is 0 Å². The normalized spacial score (nSPS) is 13.7. The fourth-order valence-electron chi connectivity index (χ4n) is 3.40. The maximum Gasteiger partial charge on any atom is 0.119 e. The summed E-state index contributed by atoms with van der Waals surface area (Å²) in [6.45, 7) is 23.7. The van der Waals surface area contributed by atoms with Crippen LogP contribution in [-0.4, -0.2) is 37.8 Å². The lowest BCUT2D eigenvalue weighted by atomic mass is 9.99. The van der Waals surface area contributed by atoms with E-state index in [-0.39, 0.29) is 17.0 Å². The quantitative estimate of drug-likeness (QED) is 0.430. The van der Waals surface area contributed by atoms with Gasteiger partial charge in [0, 0.05) is 36.9 Å². The zero-order valence-electron chi connectivity index (χ0n) is 21.2. The molecule has 0 aromatic heterocycles. The molecule has 0 aliphatic heterocycles. The van der Waals surface area contributed by atoms with Gasteiger partial charge >= 0.3 is 0 Å². The minimum atomic E-state index is -0.0208. The molecule has 4 nitrogen and oxygen atoms in total. The first-order chi connectivity index (χ1) is 13.8. The summed E-state index contributed by atoms with van der Waals surface area (Å²) in [5, 5.41) is 3.71. The lowest BCUT2D eigenvalue weighted by Crippen LogP contribution is -2.53. The second-order valence-electron chi connectivity index (χ2n) is 11.6. The highest BCUT2D eigenvalue weighted by molar-refractivity contribution is 5.49. The van der Waals surface area contributed by atoms with E-state index in [1.54, 1.807) is 0 Å². The van der Waals surface area contributed by atoms with E-state index in [0.717, 1.165) is 38.4 Å². The van der Waals surface area contributed by atoms with Crippen LogP contribution in [0.15, 0.2) is 24.3 Å². The van der Waals surface area contributed by atoms with Gasteiger partial charge in [0.05, 0.1) is 6.61 Å². The number of nitrogens with one attached hydrogen (secondary N) is 1. The smallest absolute Gasteiger partial charge is 0.119 e. The Bertz CT molecular complexity index is 587. The fraction of sp³-hybridized carbons (Fsp3) is 0.769. The lowest BCUT2D eigenvalue weighted by Gasteiger charge is -2.36. The van der Waals surface area contributed by atoms with Crippen LogP contribution >= 0.6 is 0 Å². The Hall–Kier alpha value is -1.26. The molecule has 0 saturated heterocycles. The minimum Gasteiger partial charge on any atom is -0.493 e. The lowest BCUT2D eigenvalue weighted by molar-refractivity contribution is 0.198. The SMILES string of the molecule is CC(C)CCN(CC(C)(C)NC[C@@H](N)CC(C)C)c1ccc(OCC(C)(C)C)cc1. The molecule has 1 atom stereocenters. The van der Waals surface area contributed by atoms with Crippen LogP contribution < -0.4 is 20.7 Å². The van der Waals surface area contributed by atoms with E-state index in [0.29, 0.717) is 11.8 Å². The first-order valence-corrected chi connectivity index (χ1v) is 11.8. The van der Waals surface area contributed by atoms with Gasteiger partial charge in [0.15, 0.2) is 0 Å². The molecule has 1 rings (SSSR count). The van der Waals surface area contributed by atoms with E-state index in [1.807, 2.05) is 0 Å². The van der Waals surface area contributed by atoms with Crippen LogP contribution in [0.5, 0.6) is 5.75 Å². The second kappa shape index (κ2) is 12.0. The monoisotopic (exact) mass is 419 g/mol. The summed E-state index contributed by atoms with van der Waals surface area (Å²) in [6, 6.07) is 8.79. The van der Waals surface area contributed by atoms with E-state index in [1.165, 1.54) is 12.1 Å². The molecular formula is C26H49N3O. The molecule has 4 heteroatoms. The van der Waals surface area contributed by atoms with Gasteiger partial charge in [0.2, 0.25) is 0 Å². The predicted octanol–water partition coefficient (Wildman–Crippen LogP) is 5.71. The van der Waals surface area contributed by atoms with Gasteiger partial charge in [-0.2, -0.15) is 0 Å². The van der Waals surface area contributed by atoms with E-state index in [2.05, 4.69) is 96.8 Å². The molecule has 174 valence electrons. The predicted molar refractivity (Wildman–Crippen MR) is 133 cm³/mol. The summed E-state index contributed by atoms with van der Waals surface area (Å²) >= 11 is 0. The van der Waals surface area contributed by atoms with Crippen LogP contribution in [0.4, 0.5) is 5.69 Å². The van der Waals surface area contributed by atoms with E-state index in [4.69, 9.17) is 10.5 Å². The van der Waals surface area contributed by atoms with Crippen LogP contribution in [0.3, 0.4) is 0 Å². The Morgan fingerprint density at radius 1 is 0.967 bits per heavy atom. The van der Waals surface area contributed by atoms with Crippen LogP contribution in [-0.2, 0) is 0 Å². The highest BCUT2D eigenvalue weighted by Crippen LogP contribution is 2.24. The van der Waals surface area contributed by atoms with Gasteiger partial charge in [0.25, 0.3) is 0 Å². The number of ether oxygens (including phenoxy) is 1. The first-order valence-electron chi connectivity index (χ1n) is 11.8. The Balaban J connectivity index is 2.80. The number of rotatable bonds is 13. The number of hydrogen-bond acceptors (Lipinski definition) is 4. The summed E-state index contributed by atoms with van der Waals surface area (Å²) in [7, 11) is 0. The van der Waals surface area contributed by atoms with Gasteiger partial charge < -0.3 is 20.7 Å². The van der Waals surface area contributed by atoms with E-state index < -0.39 is 0 Å². The zero-order chi connectivity index (χ0) is 22.9. The van der Waals surface area contributed by atoms with Gasteiger partial charge in [-0.3, -0.25) is 0 Å². The third-order valence-corrected chi connectivity index (χ3v) is 5.05. The first kappa shape index (κ1) is 26.8. The molecule has 3 N–H and O–H groups in total. The fourth-order valence-corrected chi connectivity index (χ4v) is 3.40. The van der Waals surface area contributed by atoms with Crippen molar-refractivity contribution in [2.24, 2.45) is 23.0 Å². The molecule has 0 radical (unpaired) electrons. The van der Waals surface area contributed by atoms with Gasteiger partial charge in [-0.15, -0.1) is 0 Å². The standard InChI is InChI=1S/C26H49N3O/c1-20(2)14-15-29(18-26(8,9)28-17-22(27)16-21(3)4)23-10-12-24(13-11-23)30-19-25(5,6)7/h10-13,20-22,28H,14-19,27H2,1-9H3/t22-/m0/s1. The summed E-state index contributed by atoms with van der Waals surface area (Å²) in [4.78, 5) is 2.49. The molecule has 0 aliphatic carbocycles. The average Bonchev–Trinajstić information content (AvgIpc) is 2.61. The Morgan fingerprint density at radius 2 is 1.57 bits per heavy atom. The molecule has 30 heavy (non-hydrogen) atoms. The van der Waals surface area contributed by atoms with Gasteiger partial charge in [-0.05, 0) is 68.2 Å². The Kier molecular flexibility index (Phi) is 10.7. The topological polar surface area (TPSA) is 50.5 Å². The third-order valence-electron chi connectivity index (χ3n) is 5.05. The number of benzene rings is 1. The zero-order valence-corrected chi connectivity index (χ0v) is 21.2. The largest absolute Gasteiger partial charge is 0.493 e. The molecule has 0 saturated carbocycles. The summed E-state index contributed by atoms with van der Waals surface area (Å²) < 4.78 is 5.96. The Morgan fingerprint density at radius 3 is 2.07 bits per heavy atom. The van der Waals surface area contributed by atoms with Crippen LogP contribution in [0.1, 0.15) is 75.2 Å². The summed E-state index contributed by atoms with van der Waals surface area (Å²) in [5.41, 5.74) is 7.70. The van der Waals surface area contributed by atoms with Crippen LogP contribution in [0.2, 0.25) is 0 Å². The molecule has 1 aromatic carbocycles. The summed E-state index contributed by atoms with van der Waals surface area (Å²) in [5.74, 6) is 2.25. The maximum atomic E-state index is 6.31. The molecule has 1 aromatic rings. The molecule has 0 unspecified atom stereocenters. The average molecular weight is 420 g/mol. The van der Waals surface area contributed by atoms with Crippen molar-refractivity contribution in [2.75, 3.05) is 31.1 Å². The van der Waals surface area contributed by atoms with Crippen molar-refractivity contribution in [3.63, 3.8) is 0 Å². The molecule has 0 fully saturated rings. The van der Waals surface area contributed by atoms with Crippen molar-refractivity contribution in [1.29, 1.82) is 0 Å². The van der Waals surface area contributed by atoms with Crippen molar-refractivity contribution in [3.05, 3.63) is 24.3 Å². The summed E-state index contributed by atoms with van der Waals surface area (Å²) in [6.07, 6.45) is 2.22. The number of anilines is 1. The van der Waals surface area contributed by atoms with Gasteiger partial charge in [-0.25, -0.2) is 0 Å². The molecule has 0 amide bonds. The highest BCUT2D eigenvalue weighted by Gasteiger charge is 2.23. The molecule has 0 heterocycles. The highest BCUT2D eigenvalue weighted by atomic mass is 16.5. The van der Waals surface area contributed by atoms with Crippen LogP contribution in [0, 0.1) is 17.3 Å². The van der Waals surface area contributed by atoms with Gasteiger partial charge in [0.1, 0.15) is 5.75 Å². The number of nitrogens with two attached hydrogens (primary N) is 1. The van der Waals surface area contributed by atoms with Gasteiger partial charge in [-0.1, -0.05) is 48.5 Å². The van der Waals surface area contributed by atoms with Crippen molar-refractivity contribution < 1.29 is 4.74 Å². The molecule has 0 bridgehead atoms. The van der Waals surface area contributed by atoms with Crippen molar-refractivity contribution in [3.8, 4) is 5.75 Å². The number of hydrogen-bond donors (Lipinski definition) is 2. The third kappa shape index (κ3) is 11.8. The van der Waals surface area contributed by atoms with Crippen molar-refractivity contribution in [2.45, 2.75) is 86.7 Å². The molecule has 0 aliphatic rings. The number of nitrogens with zero attached hydrogens (tertiary/aromatic N) is 1. The molecule has 0 spiro atoms. The Labute approximate surface area is 186 Å². The van der Waals surface area contributed by atoms with Crippen LogP contribution in [0.25, 0.3) is 0 Å². The second-order valence-corrected chi connectivity index (χ2v) is 11.6. The maximum absolute atomic E-state index is 6.31. The van der Waals surface area contributed by atoms with E-state index in [9.17, 15) is 0 Å². The van der Waals surface area contributed by atoms with Crippen molar-refractivity contribution in [1.82, 2.24) is 5.32 Å². The van der Waals surface area contributed by atoms with Crippen molar-refractivity contribution >= 4 is 5.69 Å². The minimum absolute atomic E-state index is 0.0208.